The fourth-order valence-electron chi connectivity index (χ4n) is 1.86. The Hall–Kier alpha value is -1.69. The zero-order valence-electron chi connectivity index (χ0n) is 11.3. The smallest absolute Gasteiger partial charge is 0.274 e. The van der Waals surface area contributed by atoms with Crippen LogP contribution in [0.15, 0.2) is 12.1 Å². The maximum absolute atomic E-state index is 12.1. The van der Waals surface area contributed by atoms with Crippen LogP contribution in [0.2, 0.25) is 0 Å². The summed E-state index contributed by atoms with van der Waals surface area (Å²) < 4.78 is 5.22. The summed E-state index contributed by atoms with van der Waals surface area (Å²) in [5.74, 6) is 0.642. The van der Waals surface area contributed by atoms with Gasteiger partial charge in [-0.15, -0.1) is 10.2 Å². The fraction of sp³-hybridized carbons (Fsp3) is 0.615. The highest BCUT2D eigenvalue weighted by atomic mass is 16.5. The molecule has 1 amide bonds. The van der Waals surface area contributed by atoms with Gasteiger partial charge in [0.2, 0.25) is 0 Å². The molecular formula is C13H20N4O2. The Morgan fingerprint density at radius 3 is 2.79 bits per heavy atom. The second-order valence-electron chi connectivity index (χ2n) is 4.49. The van der Waals surface area contributed by atoms with E-state index in [2.05, 4.69) is 22.4 Å². The van der Waals surface area contributed by atoms with Crippen LogP contribution in [0.25, 0.3) is 0 Å². The van der Waals surface area contributed by atoms with E-state index >= 15 is 0 Å². The molecule has 1 aromatic rings. The third-order valence-corrected chi connectivity index (χ3v) is 3.02. The van der Waals surface area contributed by atoms with Gasteiger partial charge in [0.15, 0.2) is 5.69 Å². The minimum Gasteiger partial charge on any atom is -0.378 e. The van der Waals surface area contributed by atoms with Crippen molar-refractivity contribution in [3.63, 3.8) is 0 Å². The number of ether oxygens (including phenoxy) is 1. The van der Waals surface area contributed by atoms with Gasteiger partial charge in [-0.05, 0) is 18.6 Å². The molecule has 6 heteroatoms. The summed E-state index contributed by atoms with van der Waals surface area (Å²) in [5.41, 5.74) is 0.392. The average molecular weight is 264 g/mol. The minimum absolute atomic E-state index is 0.0732. The summed E-state index contributed by atoms with van der Waals surface area (Å²) in [6.45, 7) is 5.44. The summed E-state index contributed by atoms with van der Waals surface area (Å²) in [7, 11) is 0. The monoisotopic (exact) mass is 264 g/mol. The number of aromatic nitrogens is 2. The van der Waals surface area contributed by atoms with Gasteiger partial charge < -0.3 is 15.0 Å². The van der Waals surface area contributed by atoms with Crippen molar-refractivity contribution in [3.8, 4) is 0 Å². The summed E-state index contributed by atoms with van der Waals surface area (Å²) in [4.78, 5) is 13.9. The predicted octanol–water partition coefficient (Wildman–Crippen LogP) is 1.16. The van der Waals surface area contributed by atoms with Crippen molar-refractivity contribution in [1.29, 1.82) is 0 Å². The van der Waals surface area contributed by atoms with Crippen LogP contribution in [0.4, 0.5) is 5.82 Å². The molecule has 0 bridgehead atoms. The van der Waals surface area contributed by atoms with Gasteiger partial charge in [-0.1, -0.05) is 13.3 Å². The minimum atomic E-state index is -0.0732. The molecule has 2 rings (SSSR count). The van der Waals surface area contributed by atoms with Gasteiger partial charge in [0, 0.05) is 19.6 Å². The Balaban J connectivity index is 1.91. The number of hydrogen-bond donors (Lipinski definition) is 1. The molecule has 0 spiro atoms. The molecule has 0 unspecified atom stereocenters. The normalized spacial score (nSPS) is 15.3. The molecule has 1 N–H and O–H groups in total. The Morgan fingerprint density at radius 1 is 1.37 bits per heavy atom. The second kappa shape index (κ2) is 7.04. The number of morpholine rings is 1. The molecule has 0 atom stereocenters. The number of carbonyl (C=O) groups excluding carboxylic acids is 1. The Labute approximate surface area is 113 Å². The Kier molecular flexibility index (Phi) is 5.09. The van der Waals surface area contributed by atoms with E-state index in [1.807, 2.05) is 0 Å². The van der Waals surface area contributed by atoms with Gasteiger partial charge >= 0.3 is 0 Å². The number of hydrogen-bond acceptors (Lipinski definition) is 5. The first-order valence-corrected chi connectivity index (χ1v) is 6.76. The van der Waals surface area contributed by atoms with Crippen molar-refractivity contribution in [1.82, 2.24) is 15.1 Å². The Bertz CT molecular complexity index is 402. The predicted molar refractivity (Wildman–Crippen MR) is 72.2 cm³/mol. The lowest BCUT2D eigenvalue weighted by Crippen LogP contribution is -2.41. The van der Waals surface area contributed by atoms with Crippen LogP contribution >= 0.6 is 0 Å². The first kappa shape index (κ1) is 13.7. The van der Waals surface area contributed by atoms with Crippen LogP contribution < -0.4 is 5.32 Å². The number of amides is 1. The quantitative estimate of drug-likeness (QED) is 0.808. The molecule has 6 nitrogen and oxygen atoms in total. The topological polar surface area (TPSA) is 67.4 Å². The molecule has 2 heterocycles. The lowest BCUT2D eigenvalue weighted by molar-refractivity contribution is 0.0298. The fourth-order valence-corrected chi connectivity index (χ4v) is 1.86. The van der Waals surface area contributed by atoms with Crippen molar-refractivity contribution in [3.05, 3.63) is 17.8 Å². The standard InChI is InChI=1S/C13H20N4O2/c1-2-3-6-14-12-5-4-11(15-16-12)13(18)17-7-9-19-10-8-17/h4-5H,2-3,6-10H2,1H3,(H,14,16). The first-order chi connectivity index (χ1) is 9.31. The molecule has 19 heavy (non-hydrogen) atoms. The third-order valence-electron chi connectivity index (χ3n) is 3.02. The number of unbranched alkanes of at least 4 members (excludes halogenated alkanes) is 1. The molecule has 1 aliphatic heterocycles. The van der Waals surface area contributed by atoms with Gasteiger partial charge in [-0.25, -0.2) is 0 Å². The van der Waals surface area contributed by atoms with Crippen LogP contribution in [-0.2, 0) is 4.74 Å². The van der Waals surface area contributed by atoms with Gasteiger partial charge in [-0.2, -0.15) is 0 Å². The highest BCUT2D eigenvalue weighted by molar-refractivity contribution is 5.92. The van der Waals surface area contributed by atoms with E-state index in [4.69, 9.17) is 4.74 Å². The lowest BCUT2D eigenvalue weighted by atomic mass is 10.3. The maximum Gasteiger partial charge on any atom is 0.274 e. The van der Waals surface area contributed by atoms with E-state index in [1.54, 1.807) is 17.0 Å². The van der Waals surface area contributed by atoms with Crippen LogP contribution in [0.3, 0.4) is 0 Å². The van der Waals surface area contributed by atoms with Crippen molar-refractivity contribution in [2.75, 3.05) is 38.2 Å². The molecule has 0 radical (unpaired) electrons. The summed E-state index contributed by atoms with van der Waals surface area (Å²) in [5, 5.41) is 11.2. The van der Waals surface area contributed by atoms with E-state index < -0.39 is 0 Å². The summed E-state index contributed by atoms with van der Waals surface area (Å²) >= 11 is 0. The van der Waals surface area contributed by atoms with E-state index in [9.17, 15) is 4.79 Å². The van der Waals surface area contributed by atoms with E-state index in [0.717, 1.165) is 19.4 Å². The summed E-state index contributed by atoms with van der Waals surface area (Å²) in [6, 6.07) is 3.52. The van der Waals surface area contributed by atoms with Gasteiger partial charge in [0.05, 0.1) is 13.2 Å². The van der Waals surface area contributed by atoms with Crippen LogP contribution in [-0.4, -0.2) is 53.9 Å². The molecule has 1 aromatic heterocycles. The van der Waals surface area contributed by atoms with Crippen LogP contribution in [0.5, 0.6) is 0 Å². The number of nitrogens with one attached hydrogen (secondary N) is 1. The largest absolute Gasteiger partial charge is 0.378 e. The van der Waals surface area contributed by atoms with Crippen molar-refractivity contribution < 1.29 is 9.53 Å². The number of anilines is 1. The van der Waals surface area contributed by atoms with Gasteiger partial charge in [0.1, 0.15) is 5.82 Å². The zero-order chi connectivity index (χ0) is 13.5. The molecule has 0 saturated carbocycles. The van der Waals surface area contributed by atoms with Crippen LogP contribution in [0.1, 0.15) is 30.3 Å². The van der Waals surface area contributed by atoms with E-state index in [-0.39, 0.29) is 5.91 Å². The van der Waals surface area contributed by atoms with Gasteiger partial charge in [-0.3, -0.25) is 4.79 Å². The number of rotatable bonds is 5. The average Bonchev–Trinajstić information content (AvgIpc) is 2.48. The molecule has 1 aliphatic rings. The second-order valence-corrected chi connectivity index (χ2v) is 4.49. The molecule has 104 valence electrons. The molecule has 1 fully saturated rings. The highest BCUT2D eigenvalue weighted by Crippen LogP contribution is 2.07. The van der Waals surface area contributed by atoms with Crippen molar-refractivity contribution in [2.24, 2.45) is 0 Å². The number of nitrogens with zero attached hydrogens (tertiary/aromatic N) is 3. The molecule has 1 saturated heterocycles. The van der Waals surface area contributed by atoms with Crippen molar-refractivity contribution >= 4 is 11.7 Å². The van der Waals surface area contributed by atoms with E-state index in [0.29, 0.717) is 37.8 Å². The zero-order valence-corrected chi connectivity index (χ0v) is 11.3. The van der Waals surface area contributed by atoms with E-state index in [1.165, 1.54) is 0 Å². The van der Waals surface area contributed by atoms with Crippen molar-refractivity contribution in [2.45, 2.75) is 19.8 Å². The third kappa shape index (κ3) is 3.89. The van der Waals surface area contributed by atoms with Crippen LogP contribution in [0, 0.1) is 0 Å². The summed E-state index contributed by atoms with van der Waals surface area (Å²) in [6.07, 6.45) is 2.23. The molecular weight excluding hydrogens is 244 g/mol. The molecule has 0 aromatic carbocycles. The lowest BCUT2D eigenvalue weighted by Gasteiger charge is -2.26. The maximum atomic E-state index is 12.1. The first-order valence-electron chi connectivity index (χ1n) is 6.76. The molecule has 0 aliphatic carbocycles. The van der Waals surface area contributed by atoms with Gasteiger partial charge in [0.25, 0.3) is 5.91 Å². The SMILES string of the molecule is CCCCNc1ccc(C(=O)N2CCOCC2)nn1. The number of carbonyl (C=O) groups is 1. The highest BCUT2D eigenvalue weighted by Gasteiger charge is 2.19. The Morgan fingerprint density at radius 2 is 2.16 bits per heavy atom.